The summed E-state index contributed by atoms with van der Waals surface area (Å²) < 4.78 is 4.78. The van der Waals surface area contributed by atoms with Crippen molar-refractivity contribution in [1.29, 1.82) is 0 Å². The fourth-order valence-electron chi connectivity index (χ4n) is 0.662. The number of rotatable bonds is 1. The van der Waals surface area contributed by atoms with E-state index in [-0.39, 0.29) is 12.1 Å². The van der Waals surface area contributed by atoms with Crippen LogP contribution in [0.1, 0.15) is 6.42 Å². The third-order valence-corrected chi connectivity index (χ3v) is 1.45. The first-order valence-electron chi connectivity index (χ1n) is 2.76. The average Bonchev–Trinajstić information content (AvgIpc) is 1.88. The van der Waals surface area contributed by atoms with E-state index in [1.54, 1.807) is 6.08 Å². The molecule has 0 aromatic heterocycles. The van der Waals surface area contributed by atoms with Gasteiger partial charge in [-0.3, -0.25) is 0 Å². The number of alkyl halides is 1. The van der Waals surface area contributed by atoms with Gasteiger partial charge in [-0.15, -0.1) is 11.6 Å². The molecular formula is C6H7ClO2. The van der Waals surface area contributed by atoms with Crippen molar-refractivity contribution in [3.63, 3.8) is 0 Å². The van der Waals surface area contributed by atoms with Crippen LogP contribution in [-0.4, -0.2) is 18.0 Å². The van der Waals surface area contributed by atoms with Crippen molar-refractivity contribution in [3.05, 3.63) is 12.2 Å². The molecule has 0 saturated heterocycles. The molecule has 0 aliphatic carbocycles. The Morgan fingerprint density at radius 2 is 2.67 bits per heavy atom. The summed E-state index contributed by atoms with van der Waals surface area (Å²) in [6, 6.07) is 0. The third kappa shape index (κ3) is 1.72. The number of hydrogen-bond donors (Lipinski definition) is 0. The summed E-state index contributed by atoms with van der Waals surface area (Å²) in [5.41, 5.74) is 0. The minimum absolute atomic E-state index is 0.107. The molecule has 1 rings (SSSR count). The molecule has 0 bridgehead atoms. The van der Waals surface area contributed by atoms with Gasteiger partial charge in [-0.25, -0.2) is 4.79 Å². The molecule has 50 valence electrons. The van der Waals surface area contributed by atoms with Crippen molar-refractivity contribution in [2.75, 3.05) is 5.88 Å². The molecule has 0 radical (unpaired) electrons. The van der Waals surface area contributed by atoms with Crippen molar-refractivity contribution in [3.8, 4) is 0 Å². The molecule has 0 N–H and O–H groups in total. The van der Waals surface area contributed by atoms with E-state index < -0.39 is 0 Å². The maximum atomic E-state index is 10.5. The Kier molecular flexibility index (Phi) is 2.11. The van der Waals surface area contributed by atoms with Gasteiger partial charge in [0.2, 0.25) is 0 Å². The summed E-state index contributed by atoms with van der Waals surface area (Å²) in [7, 11) is 0. The number of esters is 1. The monoisotopic (exact) mass is 146 g/mol. The standard InChI is InChI=1S/C6H7ClO2/c7-4-5-2-1-3-6(8)9-5/h1,3,5H,2,4H2/t5-/m0/s1. The first-order chi connectivity index (χ1) is 4.33. The lowest BCUT2D eigenvalue weighted by Gasteiger charge is -2.14. The van der Waals surface area contributed by atoms with Crippen molar-refractivity contribution in [2.24, 2.45) is 0 Å². The van der Waals surface area contributed by atoms with Crippen molar-refractivity contribution in [1.82, 2.24) is 0 Å². The van der Waals surface area contributed by atoms with E-state index in [4.69, 9.17) is 16.3 Å². The summed E-state index contributed by atoms with van der Waals surface area (Å²) in [6.07, 6.45) is 3.83. The Balaban J connectivity index is 2.47. The molecule has 9 heavy (non-hydrogen) atoms. The maximum Gasteiger partial charge on any atom is 0.330 e. The number of ether oxygens (including phenoxy) is 1. The zero-order valence-corrected chi connectivity index (χ0v) is 5.60. The van der Waals surface area contributed by atoms with E-state index in [0.29, 0.717) is 5.88 Å². The molecule has 0 saturated carbocycles. The van der Waals surface area contributed by atoms with Crippen molar-refractivity contribution in [2.45, 2.75) is 12.5 Å². The predicted octanol–water partition coefficient (Wildman–Crippen LogP) is 1.10. The van der Waals surface area contributed by atoms with Gasteiger partial charge in [0.05, 0.1) is 5.88 Å². The van der Waals surface area contributed by atoms with Gasteiger partial charge in [-0.2, -0.15) is 0 Å². The van der Waals surface area contributed by atoms with Crippen LogP contribution in [0.5, 0.6) is 0 Å². The molecular weight excluding hydrogens is 140 g/mol. The minimum atomic E-state index is -0.285. The lowest BCUT2D eigenvalue weighted by molar-refractivity contribution is -0.142. The van der Waals surface area contributed by atoms with Crippen LogP contribution in [0.25, 0.3) is 0 Å². The van der Waals surface area contributed by atoms with Gasteiger partial charge >= 0.3 is 5.97 Å². The Morgan fingerprint density at radius 1 is 1.89 bits per heavy atom. The van der Waals surface area contributed by atoms with Crippen LogP contribution >= 0.6 is 11.6 Å². The second kappa shape index (κ2) is 2.87. The van der Waals surface area contributed by atoms with Crippen LogP contribution in [0.2, 0.25) is 0 Å². The Bertz CT molecular complexity index is 142. The molecule has 2 nitrogen and oxygen atoms in total. The SMILES string of the molecule is O=C1C=CC[C@@H](CCl)O1. The zero-order chi connectivity index (χ0) is 6.69. The molecule has 3 heteroatoms. The lowest BCUT2D eigenvalue weighted by atomic mass is 10.2. The van der Waals surface area contributed by atoms with Gasteiger partial charge in [-0.1, -0.05) is 6.08 Å². The van der Waals surface area contributed by atoms with E-state index in [1.807, 2.05) is 0 Å². The zero-order valence-electron chi connectivity index (χ0n) is 4.84. The number of hydrogen-bond acceptors (Lipinski definition) is 2. The highest BCUT2D eigenvalue weighted by atomic mass is 35.5. The van der Waals surface area contributed by atoms with Crippen LogP contribution in [0.15, 0.2) is 12.2 Å². The first kappa shape index (κ1) is 6.62. The molecule has 0 amide bonds. The predicted molar refractivity (Wildman–Crippen MR) is 34.4 cm³/mol. The fourth-order valence-corrected chi connectivity index (χ4v) is 0.851. The van der Waals surface area contributed by atoms with Crippen LogP contribution in [0.3, 0.4) is 0 Å². The van der Waals surface area contributed by atoms with E-state index in [9.17, 15) is 4.79 Å². The molecule has 0 aromatic carbocycles. The van der Waals surface area contributed by atoms with Gasteiger partial charge in [0, 0.05) is 12.5 Å². The quantitative estimate of drug-likeness (QED) is 0.409. The summed E-state index contributed by atoms with van der Waals surface area (Å²) in [5, 5.41) is 0. The van der Waals surface area contributed by atoms with Gasteiger partial charge in [0.25, 0.3) is 0 Å². The Hall–Kier alpha value is -0.500. The van der Waals surface area contributed by atoms with Crippen molar-refractivity contribution < 1.29 is 9.53 Å². The van der Waals surface area contributed by atoms with E-state index >= 15 is 0 Å². The normalized spacial score (nSPS) is 25.9. The average molecular weight is 147 g/mol. The van der Waals surface area contributed by atoms with Gasteiger partial charge < -0.3 is 4.74 Å². The van der Waals surface area contributed by atoms with Crippen LogP contribution < -0.4 is 0 Å². The summed E-state index contributed by atoms with van der Waals surface area (Å²) in [4.78, 5) is 10.5. The second-order valence-corrected chi connectivity index (χ2v) is 2.16. The van der Waals surface area contributed by atoms with Crippen LogP contribution in [0, 0.1) is 0 Å². The van der Waals surface area contributed by atoms with E-state index in [0.717, 1.165) is 6.42 Å². The van der Waals surface area contributed by atoms with Gasteiger partial charge in [-0.05, 0) is 0 Å². The molecule has 1 atom stereocenters. The van der Waals surface area contributed by atoms with Crippen LogP contribution in [0.4, 0.5) is 0 Å². The topological polar surface area (TPSA) is 26.3 Å². The van der Waals surface area contributed by atoms with Crippen molar-refractivity contribution >= 4 is 17.6 Å². The summed E-state index contributed by atoms with van der Waals surface area (Å²) in [5.74, 6) is 0.0997. The smallest absolute Gasteiger partial charge is 0.330 e. The molecule has 1 aliphatic heterocycles. The first-order valence-corrected chi connectivity index (χ1v) is 3.29. The number of carbonyl (C=O) groups is 1. The third-order valence-electron chi connectivity index (χ3n) is 1.11. The Morgan fingerprint density at radius 3 is 3.11 bits per heavy atom. The molecule has 0 aromatic rings. The van der Waals surface area contributed by atoms with E-state index in [2.05, 4.69) is 0 Å². The summed E-state index contributed by atoms with van der Waals surface area (Å²) >= 11 is 5.43. The molecule has 1 heterocycles. The Labute approximate surface area is 58.4 Å². The number of halogens is 1. The maximum absolute atomic E-state index is 10.5. The van der Waals surface area contributed by atoms with Gasteiger partial charge in [0.15, 0.2) is 0 Å². The largest absolute Gasteiger partial charge is 0.458 e. The second-order valence-electron chi connectivity index (χ2n) is 1.85. The molecule has 0 fully saturated rings. The number of cyclic esters (lactones) is 1. The number of carbonyl (C=O) groups excluding carboxylic acids is 1. The highest BCUT2D eigenvalue weighted by Gasteiger charge is 2.13. The van der Waals surface area contributed by atoms with E-state index in [1.165, 1.54) is 6.08 Å². The molecule has 0 unspecified atom stereocenters. The lowest BCUT2D eigenvalue weighted by Crippen LogP contribution is -2.20. The fraction of sp³-hybridized carbons (Fsp3) is 0.500. The van der Waals surface area contributed by atoms with Crippen LogP contribution in [-0.2, 0) is 9.53 Å². The summed E-state index contributed by atoms with van der Waals surface area (Å²) in [6.45, 7) is 0. The highest BCUT2D eigenvalue weighted by molar-refractivity contribution is 6.18. The highest BCUT2D eigenvalue weighted by Crippen LogP contribution is 2.07. The molecule has 0 spiro atoms. The minimum Gasteiger partial charge on any atom is -0.458 e. The molecule has 1 aliphatic rings. The van der Waals surface area contributed by atoms with Gasteiger partial charge in [0.1, 0.15) is 6.10 Å².